The van der Waals surface area contributed by atoms with Crippen molar-refractivity contribution in [3.63, 3.8) is 0 Å². The third-order valence-corrected chi connectivity index (χ3v) is 8.73. The highest BCUT2D eigenvalue weighted by atomic mass is 15.2. The Morgan fingerprint density at radius 3 is 2.02 bits per heavy atom. The lowest BCUT2D eigenvalue weighted by Gasteiger charge is -2.30. The van der Waals surface area contributed by atoms with Crippen LogP contribution >= 0.6 is 0 Å². The molecule has 2 heteroatoms. The first-order valence-electron chi connectivity index (χ1n) is 14.8. The SMILES string of the molecule is C=C/C=C\C(=C)N(C)c1cc(N(c2ccc(-c3ccccc3)cc2)c2ccc3c(c2)C(C)(C)c2ccccc2-3)ccc1C. The predicted octanol–water partition coefficient (Wildman–Crippen LogP) is 11.1. The fourth-order valence-electron chi connectivity index (χ4n) is 6.26. The molecule has 5 aromatic carbocycles. The van der Waals surface area contributed by atoms with Crippen molar-refractivity contribution in [2.45, 2.75) is 26.2 Å². The van der Waals surface area contributed by atoms with E-state index in [1.807, 2.05) is 12.2 Å². The van der Waals surface area contributed by atoms with Crippen molar-refractivity contribution in [1.29, 1.82) is 0 Å². The Morgan fingerprint density at radius 2 is 1.28 bits per heavy atom. The average molecular weight is 559 g/mol. The van der Waals surface area contributed by atoms with Gasteiger partial charge in [-0.3, -0.25) is 0 Å². The summed E-state index contributed by atoms with van der Waals surface area (Å²) in [6.45, 7) is 14.9. The van der Waals surface area contributed by atoms with Crippen LogP contribution in [-0.4, -0.2) is 7.05 Å². The van der Waals surface area contributed by atoms with E-state index in [4.69, 9.17) is 0 Å². The van der Waals surface area contributed by atoms with E-state index in [9.17, 15) is 0 Å². The van der Waals surface area contributed by atoms with Crippen LogP contribution in [0.4, 0.5) is 22.7 Å². The number of hydrogen-bond acceptors (Lipinski definition) is 2. The summed E-state index contributed by atoms with van der Waals surface area (Å²) in [5, 5.41) is 0. The van der Waals surface area contributed by atoms with Gasteiger partial charge in [0.05, 0.1) is 0 Å². The van der Waals surface area contributed by atoms with Gasteiger partial charge in [-0.2, -0.15) is 0 Å². The topological polar surface area (TPSA) is 6.48 Å². The van der Waals surface area contributed by atoms with Gasteiger partial charge in [0.1, 0.15) is 0 Å². The summed E-state index contributed by atoms with van der Waals surface area (Å²) in [6.07, 6.45) is 5.68. The van der Waals surface area contributed by atoms with E-state index in [1.165, 1.54) is 38.9 Å². The zero-order valence-corrected chi connectivity index (χ0v) is 25.5. The van der Waals surface area contributed by atoms with Crippen molar-refractivity contribution >= 4 is 22.7 Å². The van der Waals surface area contributed by atoms with Crippen LogP contribution in [0.5, 0.6) is 0 Å². The second-order valence-corrected chi connectivity index (χ2v) is 11.8. The molecule has 6 rings (SSSR count). The second kappa shape index (κ2) is 11.3. The van der Waals surface area contributed by atoms with Crippen LogP contribution in [0.15, 0.2) is 152 Å². The summed E-state index contributed by atoms with van der Waals surface area (Å²) in [6, 6.07) is 41.9. The highest BCUT2D eigenvalue weighted by molar-refractivity contribution is 5.86. The molecule has 1 aliphatic rings. The summed E-state index contributed by atoms with van der Waals surface area (Å²) >= 11 is 0. The fourth-order valence-corrected chi connectivity index (χ4v) is 6.26. The number of likely N-dealkylation sites (N-methyl/N-ethyl adjacent to an activating group) is 1. The van der Waals surface area contributed by atoms with E-state index in [1.54, 1.807) is 6.08 Å². The lowest BCUT2D eigenvalue weighted by atomic mass is 9.82. The number of fused-ring (bicyclic) bond motifs is 3. The van der Waals surface area contributed by atoms with E-state index in [2.05, 4.69) is 166 Å². The van der Waals surface area contributed by atoms with Gasteiger partial charge >= 0.3 is 0 Å². The molecule has 0 N–H and O–H groups in total. The van der Waals surface area contributed by atoms with Crippen molar-refractivity contribution in [1.82, 2.24) is 0 Å². The third-order valence-electron chi connectivity index (χ3n) is 8.73. The maximum atomic E-state index is 4.29. The molecule has 0 radical (unpaired) electrons. The van der Waals surface area contributed by atoms with Crippen LogP contribution in [0.25, 0.3) is 22.3 Å². The van der Waals surface area contributed by atoms with Gasteiger partial charge in [-0.15, -0.1) is 0 Å². The normalized spacial score (nSPS) is 12.9. The Kier molecular flexibility index (Phi) is 7.38. The molecule has 212 valence electrons. The van der Waals surface area contributed by atoms with Crippen LogP contribution < -0.4 is 9.80 Å². The molecule has 0 amide bonds. The molecule has 5 aromatic rings. The lowest BCUT2D eigenvalue weighted by molar-refractivity contribution is 0.660. The third kappa shape index (κ3) is 5.10. The molecular weight excluding hydrogens is 520 g/mol. The Balaban J connectivity index is 1.49. The molecule has 43 heavy (non-hydrogen) atoms. The number of hydrogen-bond donors (Lipinski definition) is 0. The number of anilines is 4. The van der Waals surface area contributed by atoms with Crippen molar-refractivity contribution in [2.75, 3.05) is 16.8 Å². The smallest absolute Gasteiger partial charge is 0.0482 e. The molecule has 0 saturated carbocycles. The van der Waals surface area contributed by atoms with Gasteiger partial charge in [0.2, 0.25) is 0 Å². The Hall–Kier alpha value is -5.08. The molecule has 0 fully saturated rings. The molecule has 0 saturated heterocycles. The molecular formula is C41H38N2. The van der Waals surface area contributed by atoms with Gasteiger partial charge in [0, 0.05) is 40.9 Å². The van der Waals surface area contributed by atoms with Gasteiger partial charge in [0.15, 0.2) is 0 Å². The van der Waals surface area contributed by atoms with Crippen molar-refractivity contribution in [3.05, 3.63) is 169 Å². The van der Waals surface area contributed by atoms with Gasteiger partial charge in [-0.05, 0) is 88.3 Å². The van der Waals surface area contributed by atoms with Crippen molar-refractivity contribution < 1.29 is 0 Å². The highest BCUT2D eigenvalue weighted by Gasteiger charge is 2.35. The second-order valence-electron chi connectivity index (χ2n) is 11.8. The first-order chi connectivity index (χ1) is 20.8. The minimum Gasteiger partial charge on any atom is -0.345 e. The zero-order valence-electron chi connectivity index (χ0n) is 25.5. The van der Waals surface area contributed by atoms with E-state index in [0.717, 1.165) is 28.4 Å². The molecule has 1 aliphatic carbocycles. The summed E-state index contributed by atoms with van der Waals surface area (Å²) in [5.41, 5.74) is 14.2. The molecule has 0 atom stereocenters. The fraction of sp³-hybridized carbons (Fsp3) is 0.122. The zero-order chi connectivity index (χ0) is 30.1. The maximum absolute atomic E-state index is 4.29. The van der Waals surface area contributed by atoms with E-state index < -0.39 is 0 Å². The summed E-state index contributed by atoms with van der Waals surface area (Å²) in [4.78, 5) is 4.51. The largest absolute Gasteiger partial charge is 0.345 e. The van der Waals surface area contributed by atoms with Crippen LogP contribution in [0, 0.1) is 6.92 Å². The molecule has 0 unspecified atom stereocenters. The molecule has 0 heterocycles. The average Bonchev–Trinajstić information content (AvgIpc) is 3.27. The monoisotopic (exact) mass is 558 g/mol. The van der Waals surface area contributed by atoms with Crippen LogP contribution in [0.3, 0.4) is 0 Å². The molecule has 0 bridgehead atoms. The van der Waals surface area contributed by atoms with E-state index in [0.29, 0.717) is 0 Å². The number of rotatable bonds is 8. The van der Waals surface area contributed by atoms with E-state index in [-0.39, 0.29) is 5.41 Å². The van der Waals surface area contributed by atoms with Crippen molar-refractivity contribution in [2.24, 2.45) is 0 Å². The van der Waals surface area contributed by atoms with Crippen LogP contribution in [0.1, 0.15) is 30.5 Å². The van der Waals surface area contributed by atoms with Crippen LogP contribution in [-0.2, 0) is 5.41 Å². The van der Waals surface area contributed by atoms with Gasteiger partial charge in [0.25, 0.3) is 0 Å². The first-order valence-corrected chi connectivity index (χ1v) is 14.8. The molecule has 2 nitrogen and oxygen atoms in total. The first kappa shape index (κ1) is 28.1. The summed E-state index contributed by atoms with van der Waals surface area (Å²) in [5.74, 6) is 0. The summed E-state index contributed by atoms with van der Waals surface area (Å²) < 4.78 is 0. The molecule has 0 aliphatic heterocycles. The standard InChI is InChI=1S/C41H38N2/c1-7-8-14-30(3)42(6)40-28-35(22-19-29(40)2)43(33-23-20-32(21-24-33)31-15-10-9-11-16-31)34-25-26-37-36-17-12-13-18-38(36)41(4,5)39(37)27-34/h7-28H,1,3H2,2,4-6H3/b14-8-. The van der Waals surface area contributed by atoms with Gasteiger partial charge in [-0.1, -0.05) is 118 Å². The Morgan fingerprint density at radius 1 is 0.674 bits per heavy atom. The number of nitrogens with zero attached hydrogens (tertiary/aromatic N) is 2. The predicted molar refractivity (Wildman–Crippen MR) is 186 cm³/mol. The minimum absolute atomic E-state index is 0.0847. The number of aryl methyl sites for hydroxylation is 1. The number of allylic oxidation sites excluding steroid dienone is 3. The van der Waals surface area contributed by atoms with Gasteiger partial charge in [-0.25, -0.2) is 0 Å². The minimum atomic E-state index is -0.0847. The molecule has 0 spiro atoms. The Labute approximate surface area is 256 Å². The van der Waals surface area contributed by atoms with Crippen molar-refractivity contribution in [3.8, 4) is 22.3 Å². The van der Waals surface area contributed by atoms with Gasteiger partial charge < -0.3 is 9.80 Å². The maximum Gasteiger partial charge on any atom is 0.0482 e. The quantitative estimate of drug-likeness (QED) is 0.175. The molecule has 0 aromatic heterocycles. The van der Waals surface area contributed by atoms with Crippen LogP contribution in [0.2, 0.25) is 0 Å². The van der Waals surface area contributed by atoms with E-state index >= 15 is 0 Å². The lowest BCUT2D eigenvalue weighted by Crippen LogP contribution is -2.18. The summed E-state index contributed by atoms with van der Waals surface area (Å²) in [7, 11) is 2.07. The number of benzene rings is 5. The highest BCUT2D eigenvalue weighted by Crippen LogP contribution is 2.50. The Bertz CT molecular complexity index is 1840.